The Hall–Kier alpha value is -3.59. The fourth-order valence-electron chi connectivity index (χ4n) is 2.77. The largest absolute Gasteiger partial charge is 0.347 e. The quantitative estimate of drug-likeness (QED) is 0.483. The number of rotatable bonds is 6. The van der Waals surface area contributed by atoms with Crippen LogP contribution in [0.2, 0.25) is 5.02 Å². The minimum absolute atomic E-state index is 0.00347. The molecule has 0 saturated carbocycles. The van der Waals surface area contributed by atoms with Crippen LogP contribution in [0.25, 0.3) is 17.3 Å². The molecule has 0 aliphatic heterocycles. The van der Waals surface area contributed by atoms with Crippen molar-refractivity contribution in [2.24, 2.45) is 0 Å². The molecule has 31 heavy (non-hydrogen) atoms. The van der Waals surface area contributed by atoms with E-state index in [0.29, 0.717) is 28.7 Å². The molecule has 0 saturated heterocycles. The lowest BCUT2D eigenvalue weighted by molar-refractivity contribution is 0.0946. The summed E-state index contributed by atoms with van der Waals surface area (Å²) in [6.45, 7) is 4.15. The first-order valence-corrected chi connectivity index (χ1v) is 9.85. The predicted octanol–water partition coefficient (Wildman–Crippen LogP) is 4.16. The van der Waals surface area contributed by atoms with Crippen LogP contribution in [-0.4, -0.2) is 30.6 Å². The van der Waals surface area contributed by atoms with Crippen LogP contribution in [0.5, 0.6) is 0 Å². The van der Waals surface area contributed by atoms with Crippen molar-refractivity contribution in [2.75, 3.05) is 0 Å². The maximum atomic E-state index is 13.2. The van der Waals surface area contributed by atoms with Crippen LogP contribution in [0.4, 0.5) is 4.39 Å². The molecule has 1 aromatic carbocycles. The van der Waals surface area contributed by atoms with Crippen molar-refractivity contribution in [3.05, 3.63) is 77.0 Å². The van der Waals surface area contributed by atoms with Gasteiger partial charge in [0.25, 0.3) is 11.8 Å². The molecule has 4 rings (SSSR count). The second-order valence-corrected chi connectivity index (χ2v) is 7.52. The van der Waals surface area contributed by atoms with Gasteiger partial charge in [-0.1, -0.05) is 36.7 Å². The Balaban J connectivity index is 1.47. The maximum absolute atomic E-state index is 13.2. The highest BCUT2D eigenvalue weighted by atomic mass is 35.5. The van der Waals surface area contributed by atoms with E-state index in [1.807, 2.05) is 13.8 Å². The third kappa shape index (κ3) is 4.61. The molecule has 4 aromatic rings. The molecule has 0 fully saturated rings. The van der Waals surface area contributed by atoms with Crippen LogP contribution in [0, 0.1) is 5.82 Å². The molecule has 0 spiro atoms. The number of nitrogens with zero attached hydrogens (tertiary/aromatic N) is 5. The number of amides is 1. The van der Waals surface area contributed by atoms with E-state index in [1.54, 1.807) is 35.2 Å². The van der Waals surface area contributed by atoms with Crippen molar-refractivity contribution in [3.8, 4) is 17.3 Å². The molecule has 0 atom stereocenters. The van der Waals surface area contributed by atoms with Gasteiger partial charge in [0.1, 0.15) is 23.7 Å². The summed E-state index contributed by atoms with van der Waals surface area (Å²) in [5.41, 5.74) is 1.59. The number of hydrogen-bond acceptors (Lipinski definition) is 6. The molecule has 10 heteroatoms. The van der Waals surface area contributed by atoms with Crippen LogP contribution in [0.15, 0.2) is 53.6 Å². The second-order valence-electron chi connectivity index (χ2n) is 7.11. The summed E-state index contributed by atoms with van der Waals surface area (Å²) >= 11 is 5.77. The summed E-state index contributed by atoms with van der Waals surface area (Å²) in [6, 6.07) is 7.80. The molecular weight excluding hydrogens is 423 g/mol. The monoisotopic (exact) mass is 440 g/mol. The standard InChI is InChI=1S/C21H18ClFN6O2/c1-12(2)19-27-21(31-28-19)14-5-6-24-18(8-14)29-10-17(26-11-29)20(30)25-9-13-3-4-16(23)15(22)7-13/h3-8,10-12H,9H2,1-2H3,(H,25,30). The van der Waals surface area contributed by atoms with Gasteiger partial charge in [-0.25, -0.2) is 14.4 Å². The lowest BCUT2D eigenvalue weighted by Gasteiger charge is -2.04. The number of halogens is 2. The molecule has 0 aliphatic carbocycles. The van der Waals surface area contributed by atoms with E-state index in [0.717, 1.165) is 0 Å². The molecule has 3 aromatic heterocycles. The number of nitrogens with one attached hydrogen (secondary N) is 1. The molecule has 0 bridgehead atoms. The van der Waals surface area contributed by atoms with E-state index in [-0.39, 0.29) is 29.1 Å². The van der Waals surface area contributed by atoms with Gasteiger partial charge in [-0.05, 0) is 29.8 Å². The van der Waals surface area contributed by atoms with Gasteiger partial charge in [-0.3, -0.25) is 9.36 Å². The van der Waals surface area contributed by atoms with Crippen molar-refractivity contribution >= 4 is 17.5 Å². The zero-order valence-electron chi connectivity index (χ0n) is 16.7. The molecule has 3 heterocycles. The normalized spacial score (nSPS) is 11.1. The van der Waals surface area contributed by atoms with Gasteiger partial charge < -0.3 is 9.84 Å². The van der Waals surface area contributed by atoms with E-state index < -0.39 is 5.82 Å². The van der Waals surface area contributed by atoms with Gasteiger partial charge in [0.2, 0.25) is 0 Å². The Morgan fingerprint density at radius 3 is 2.84 bits per heavy atom. The predicted molar refractivity (Wildman–Crippen MR) is 111 cm³/mol. The highest BCUT2D eigenvalue weighted by Crippen LogP contribution is 2.21. The highest BCUT2D eigenvalue weighted by molar-refractivity contribution is 6.30. The molecule has 0 unspecified atom stereocenters. The van der Waals surface area contributed by atoms with Crippen LogP contribution in [-0.2, 0) is 6.54 Å². The Bertz CT molecular complexity index is 1240. The lowest BCUT2D eigenvalue weighted by Crippen LogP contribution is -2.23. The number of carbonyl (C=O) groups is 1. The van der Waals surface area contributed by atoms with Crippen LogP contribution >= 0.6 is 11.6 Å². The first kappa shape index (κ1) is 20.7. The average Bonchev–Trinajstić information content (AvgIpc) is 3.45. The number of aromatic nitrogens is 5. The SMILES string of the molecule is CC(C)c1noc(-c2ccnc(-n3cnc(C(=O)NCc4ccc(F)c(Cl)c4)c3)c2)n1. The van der Waals surface area contributed by atoms with Gasteiger partial charge in [-0.2, -0.15) is 4.98 Å². The Morgan fingerprint density at radius 2 is 2.10 bits per heavy atom. The van der Waals surface area contributed by atoms with Crippen molar-refractivity contribution in [1.29, 1.82) is 0 Å². The summed E-state index contributed by atoms with van der Waals surface area (Å²) in [5, 5.41) is 6.70. The minimum Gasteiger partial charge on any atom is -0.347 e. The van der Waals surface area contributed by atoms with E-state index in [2.05, 4.69) is 25.4 Å². The molecule has 1 N–H and O–H groups in total. The summed E-state index contributed by atoms with van der Waals surface area (Å²) in [7, 11) is 0. The Kier molecular flexibility index (Phi) is 5.77. The van der Waals surface area contributed by atoms with E-state index in [4.69, 9.17) is 16.1 Å². The van der Waals surface area contributed by atoms with Gasteiger partial charge in [0.05, 0.1) is 5.02 Å². The third-order valence-electron chi connectivity index (χ3n) is 4.47. The molecule has 158 valence electrons. The van der Waals surface area contributed by atoms with Gasteiger partial charge in [0.15, 0.2) is 5.82 Å². The van der Waals surface area contributed by atoms with E-state index in [1.165, 1.54) is 18.5 Å². The average molecular weight is 441 g/mol. The van der Waals surface area contributed by atoms with E-state index >= 15 is 0 Å². The summed E-state index contributed by atoms with van der Waals surface area (Å²) in [4.78, 5) is 25.3. The first-order valence-electron chi connectivity index (χ1n) is 9.47. The molecular formula is C21H18ClFN6O2. The van der Waals surface area contributed by atoms with Gasteiger partial charge >= 0.3 is 0 Å². The van der Waals surface area contributed by atoms with Crippen molar-refractivity contribution < 1.29 is 13.7 Å². The van der Waals surface area contributed by atoms with Crippen LogP contribution in [0.3, 0.4) is 0 Å². The third-order valence-corrected chi connectivity index (χ3v) is 4.76. The van der Waals surface area contributed by atoms with Crippen LogP contribution in [0.1, 0.15) is 41.6 Å². The number of pyridine rings is 1. The molecule has 0 aliphatic rings. The zero-order chi connectivity index (χ0) is 22.0. The second kappa shape index (κ2) is 8.65. The van der Waals surface area contributed by atoms with Crippen molar-refractivity contribution in [2.45, 2.75) is 26.3 Å². The molecule has 8 nitrogen and oxygen atoms in total. The number of benzene rings is 1. The summed E-state index contributed by atoms with van der Waals surface area (Å²) in [5.74, 6) is 0.818. The van der Waals surface area contributed by atoms with Crippen LogP contribution < -0.4 is 5.32 Å². The lowest BCUT2D eigenvalue weighted by atomic mass is 10.2. The minimum atomic E-state index is -0.508. The van der Waals surface area contributed by atoms with E-state index in [9.17, 15) is 9.18 Å². The topological polar surface area (TPSA) is 98.7 Å². The molecule has 1 amide bonds. The highest BCUT2D eigenvalue weighted by Gasteiger charge is 2.14. The molecule has 0 radical (unpaired) electrons. The number of imidazole rings is 1. The van der Waals surface area contributed by atoms with Gasteiger partial charge in [-0.15, -0.1) is 0 Å². The summed E-state index contributed by atoms with van der Waals surface area (Å²) in [6.07, 6.45) is 4.66. The Morgan fingerprint density at radius 1 is 1.26 bits per heavy atom. The summed E-state index contributed by atoms with van der Waals surface area (Å²) < 4.78 is 20.2. The number of carbonyl (C=O) groups excluding carboxylic acids is 1. The van der Waals surface area contributed by atoms with Crippen molar-refractivity contribution in [3.63, 3.8) is 0 Å². The zero-order valence-corrected chi connectivity index (χ0v) is 17.5. The first-order chi connectivity index (χ1) is 14.9. The maximum Gasteiger partial charge on any atom is 0.271 e. The van der Waals surface area contributed by atoms with Crippen molar-refractivity contribution in [1.82, 2.24) is 30.0 Å². The number of hydrogen-bond donors (Lipinski definition) is 1. The fraction of sp³-hybridized carbons (Fsp3) is 0.190. The van der Waals surface area contributed by atoms with Gasteiger partial charge in [0, 0.05) is 30.4 Å². The Labute approximate surface area is 182 Å². The fourth-order valence-corrected chi connectivity index (χ4v) is 2.97. The smallest absolute Gasteiger partial charge is 0.271 e.